The third-order valence-corrected chi connectivity index (χ3v) is 20.5. The van der Waals surface area contributed by atoms with Crippen LogP contribution in [0, 0.1) is 0 Å². The Morgan fingerprint density at radius 1 is 0.308 bits per heavy atom. The van der Waals surface area contributed by atoms with Gasteiger partial charge in [0.2, 0.25) is 0 Å². The summed E-state index contributed by atoms with van der Waals surface area (Å²) in [5, 5.41) is 0. The molecule has 0 spiro atoms. The van der Waals surface area contributed by atoms with Crippen molar-refractivity contribution in [1.82, 2.24) is 0 Å². The van der Waals surface area contributed by atoms with Gasteiger partial charge in [0.05, 0.1) is 27.7 Å². The first kappa shape index (κ1) is 100. The molecular weight excluding hydrogens is 1300 g/mol. The third-order valence-electron chi connectivity index (χ3n) is 19.5. The van der Waals surface area contributed by atoms with Gasteiger partial charge in [0.15, 0.2) is 6.10 Å². The Balaban J connectivity index is 3.89. The molecule has 0 aromatic carbocycles. The fourth-order valence-electron chi connectivity index (χ4n) is 12.8. The second-order valence-corrected chi connectivity index (χ2v) is 32.4. The molecule has 0 aromatic rings. The van der Waals surface area contributed by atoms with Gasteiger partial charge < -0.3 is 18.9 Å². The van der Waals surface area contributed by atoms with Crippen LogP contribution in [0.3, 0.4) is 0 Å². The van der Waals surface area contributed by atoms with Crippen molar-refractivity contribution in [3.05, 3.63) is 122 Å². The van der Waals surface area contributed by atoms with Crippen molar-refractivity contribution in [1.29, 1.82) is 0 Å². The average molecular weight is 1470 g/mol. The van der Waals surface area contributed by atoms with Crippen LogP contribution in [0.4, 0.5) is 0 Å². The fraction of sp³-hybridized carbons (Fsp3) is 0.766. The van der Waals surface area contributed by atoms with E-state index in [1.54, 1.807) is 0 Å². The summed E-state index contributed by atoms with van der Waals surface area (Å²) in [6.45, 7) is 4.36. The quantitative estimate of drug-likeness (QED) is 0.0211. The number of hydrogen-bond acceptors (Lipinski definition) is 7. The van der Waals surface area contributed by atoms with Crippen LogP contribution in [0.2, 0.25) is 0 Å². The smallest absolute Gasteiger partial charge is 0.462 e. The molecule has 0 aliphatic carbocycles. The molecule has 0 aliphatic rings. The number of hydrogen-bond donors (Lipinski definition) is 1. The zero-order chi connectivity index (χ0) is 75.4. The number of quaternary nitrogens is 1. The van der Waals surface area contributed by atoms with Crippen molar-refractivity contribution in [2.75, 3.05) is 47.5 Å². The molecule has 602 valence electrons. The minimum absolute atomic E-state index is 0.0313. The molecule has 0 saturated heterocycles. The van der Waals surface area contributed by atoms with Crippen LogP contribution >= 0.6 is 7.82 Å². The first-order chi connectivity index (χ1) is 51.0. The van der Waals surface area contributed by atoms with Gasteiger partial charge in [-0.05, 0) is 109 Å². The summed E-state index contributed by atoms with van der Waals surface area (Å²) in [5.74, 6) is -0.779. The number of carbonyl (C=O) groups is 2. The summed E-state index contributed by atoms with van der Waals surface area (Å²) in [6, 6.07) is 0. The average Bonchev–Trinajstić information content (AvgIpc) is 0.920. The summed E-state index contributed by atoms with van der Waals surface area (Å²) in [5.41, 5.74) is 0. The van der Waals surface area contributed by atoms with Gasteiger partial charge in [0, 0.05) is 12.8 Å². The number of nitrogens with zero attached hydrogens (tertiary/aromatic N) is 1. The lowest BCUT2D eigenvalue weighted by atomic mass is 10.0. The Morgan fingerprint density at radius 2 is 0.548 bits per heavy atom. The first-order valence-electron chi connectivity index (χ1n) is 44.3. The highest BCUT2D eigenvalue weighted by molar-refractivity contribution is 7.47. The number of unbranched alkanes of at least 4 members (excludes halogenated alkanes) is 48. The standard InChI is InChI=1S/C94H168NO8P/c1-6-8-10-12-14-16-18-20-22-24-26-28-30-32-34-36-38-40-42-44-46-47-49-51-53-55-57-59-61-63-65-67-69-71-73-75-77-79-81-83-85-87-94(97)103-92(91-102-104(98,99)101-89-88-95(3,4)5)90-100-93(96)86-84-82-80-78-76-74-72-70-68-66-64-62-60-58-56-54-52-50-48-45-43-41-39-37-35-33-31-29-27-25-23-21-19-17-15-13-11-9-7-2/h8,10,14,16,19-22,25-28,31-34,38,40,44,46,92H,6-7,9,11-13,15,17-18,23-24,29-30,35-37,39,41-43,45,47-91H2,1-5H3/p+1/b10-8-,16-14-,21-19-,22-20-,27-25-,28-26-,33-31-,34-32-,40-38-,46-44-. The van der Waals surface area contributed by atoms with Crippen LogP contribution in [-0.2, 0) is 32.7 Å². The van der Waals surface area contributed by atoms with E-state index in [1.807, 2.05) is 21.1 Å². The summed E-state index contributed by atoms with van der Waals surface area (Å²) < 4.78 is 34.9. The van der Waals surface area contributed by atoms with E-state index in [0.717, 1.165) is 89.9 Å². The fourth-order valence-corrected chi connectivity index (χ4v) is 13.5. The Hall–Kier alpha value is -3.59. The van der Waals surface area contributed by atoms with Gasteiger partial charge in [-0.2, -0.15) is 0 Å². The molecule has 2 unspecified atom stereocenters. The second-order valence-electron chi connectivity index (χ2n) is 30.9. The number of ether oxygens (including phenoxy) is 2. The lowest BCUT2D eigenvalue weighted by Gasteiger charge is -2.24. The SMILES string of the molecule is CC/C=C\C/C=C\C/C=C\C/C=C\C/C=C\C/C=C\C/C=C\CCCCCCCCCCCCCCCCCCCCCC(=O)OC(COC(=O)CCCCCCCCCCCCCCCCCCCCCCCCCC/C=C\C/C=C\C/C=C\CCCCCCC)COP(=O)(O)OCC[N+](C)(C)C. The van der Waals surface area contributed by atoms with Gasteiger partial charge in [-0.1, -0.05) is 411 Å². The predicted octanol–water partition coefficient (Wildman–Crippen LogP) is 30.1. The van der Waals surface area contributed by atoms with E-state index in [2.05, 4.69) is 135 Å². The van der Waals surface area contributed by atoms with Gasteiger partial charge >= 0.3 is 19.8 Å². The number of phosphoric acid groups is 1. The first-order valence-corrected chi connectivity index (χ1v) is 45.8. The van der Waals surface area contributed by atoms with Crippen LogP contribution in [0.1, 0.15) is 412 Å². The van der Waals surface area contributed by atoms with Crippen LogP contribution in [0.5, 0.6) is 0 Å². The monoisotopic (exact) mass is 1470 g/mol. The number of likely N-dealkylation sites (N-methyl/N-ethyl adjacent to an activating group) is 1. The number of esters is 2. The van der Waals surface area contributed by atoms with Crippen molar-refractivity contribution >= 4 is 19.8 Å². The molecule has 0 amide bonds. The van der Waals surface area contributed by atoms with Gasteiger partial charge in [-0.3, -0.25) is 18.6 Å². The van der Waals surface area contributed by atoms with Crippen LogP contribution in [-0.4, -0.2) is 74.9 Å². The normalized spacial score (nSPS) is 13.6. The van der Waals surface area contributed by atoms with Crippen LogP contribution in [0.15, 0.2) is 122 Å². The van der Waals surface area contributed by atoms with E-state index in [9.17, 15) is 19.0 Å². The summed E-state index contributed by atoms with van der Waals surface area (Å²) in [6.07, 6.45) is 121. The van der Waals surface area contributed by atoms with E-state index in [4.69, 9.17) is 18.5 Å². The molecule has 0 aliphatic heterocycles. The molecule has 1 N–H and O–H groups in total. The zero-order valence-electron chi connectivity index (χ0n) is 69.0. The predicted molar refractivity (Wildman–Crippen MR) is 454 cm³/mol. The number of phosphoric ester groups is 1. The minimum Gasteiger partial charge on any atom is -0.462 e. The molecule has 10 heteroatoms. The molecule has 0 aromatic heterocycles. The van der Waals surface area contributed by atoms with E-state index in [-0.39, 0.29) is 25.6 Å². The Bertz CT molecular complexity index is 2180. The molecule has 0 radical (unpaired) electrons. The van der Waals surface area contributed by atoms with E-state index in [0.29, 0.717) is 23.9 Å². The van der Waals surface area contributed by atoms with Gasteiger partial charge in [0.25, 0.3) is 0 Å². The molecule has 0 fully saturated rings. The molecule has 0 saturated carbocycles. The van der Waals surface area contributed by atoms with E-state index >= 15 is 0 Å². The van der Waals surface area contributed by atoms with Crippen molar-refractivity contribution in [2.45, 2.75) is 418 Å². The molecule has 0 heterocycles. The topological polar surface area (TPSA) is 108 Å². The van der Waals surface area contributed by atoms with E-state index < -0.39 is 26.5 Å². The highest BCUT2D eigenvalue weighted by atomic mass is 31.2. The lowest BCUT2D eigenvalue weighted by molar-refractivity contribution is -0.870. The number of carbonyl (C=O) groups excluding carboxylic acids is 2. The molecule has 2 atom stereocenters. The highest BCUT2D eigenvalue weighted by Crippen LogP contribution is 2.43. The van der Waals surface area contributed by atoms with Crippen LogP contribution < -0.4 is 0 Å². The molecule has 104 heavy (non-hydrogen) atoms. The summed E-state index contributed by atoms with van der Waals surface area (Å²) in [4.78, 5) is 36.1. The maximum absolute atomic E-state index is 12.9. The Morgan fingerprint density at radius 3 is 0.817 bits per heavy atom. The van der Waals surface area contributed by atoms with Gasteiger partial charge in [-0.25, -0.2) is 4.57 Å². The van der Waals surface area contributed by atoms with Crippen molar-refractivity contribution in [3.63, 3.8) is 0 Å². The molecular formula is C94H169NO8P+. The zero-order valence-corrected chi connectivity index (χ0v) is 69.9. The highest BCUT2D eigenvalue weighted by Gasteiger charge is 2.27. The Kier molecular flexibility index (Phi) is 80.6. The third kappa shape index (κ3) is 87.3. The van der Waals surface area contributed by atoms with Gasteiger partial charge in [0.1, 0.15) is 19.8 Å². The lowest BCUT2D eigenvalue weighted by Crippen LogP contribution is -2.37. The molecule has 9 nitrogen and oxygen atoms in total. The maximum atomic E-state index is 12.9. The second kappa shape index (κ2) is 83.4. The van der Waals surface area contributed by atoms with Crippen molar-refractivity contribution < 1.29 is 42.1 Å². The summed E-state index contributed by atoms with van der Waals surface area (Å²) >= 11 is 0. The van der Waals surface area contributed by atoms with Gasteiger partial charge in [-0.15, -0.1) is 0 Å². The number of allylic oxidation sites excluding steroid dienone is 20. The van der Waals surface area contributed by atoms with E-state index in [1.165, 1.54) is 289 Å². The van der Waals surface area contributed by atoms with Crippen molar-refractivity contribution in [2.24, 2.45) is 0 Å². The maximum Gasteiger partial charge on any atom is 0.472 e. The van der Waals surface area contributed by atoms with Crippen molar-refractivity contribution in [3.8, 4) is 0 Å². The summed E-state index contributed by atoms with van der Waals surface area (Å²) in [7, 11) is 1.49. The largest absolute Gasteiger partial charge is 0.472 e. The minimum atomic E-state index is -4.40. The molecule has 0 rings (SSSR count). The molecule has 0 bridgehead atoms. The van der Waals surface area contributed by atoms with Crippen LogP contribution in [0.25, 0.3) is 0 Å². The Labute approximate surface area is 645 Å². The number of rotatable bonds is 82.